The molecule has 1 N–H and O–H groups in total. The van der Waals surface area contributed by atoms with E-state index in [1.165, 1.54) is 12.1 Å². The highest BCUT2D eigenvalue weighted by Gasteiger charge is 2.00. The van der Waals surface area contributed by atoms with Gasteiger partial charge < -0.3 is 10.1 Å². The van der Waals surface area contributed by atoms with Crippen LogP contribution in [0.2, 0.25) is 0 Å². The third-order valence-corrected chi connectivity index (χ3v) is 2.65. The van der Waals surface area contributed by atoms with E-state index in [4.69, 9.17) is 4.74 Å². The first-order chi connectivity index (χ1) is 8.22. The number of benzene rings is 1. The molecule has 96 valence electrons. The van der Waals surface area contributed by atoms with Crippen LogP contribution in [0.25, 0.3) is 0 Å². The predicted octanol–water partition coefficient (Wildman–Crippen LogP) is 3.37. The van der Waals surface area contributed by atoms with E-state index < -0.39 is 0 Å². The Bertz CT molecular complexity index is 317. The normalized spacial score (nSPS) is 12.4. The van der Waals surface area contributed by atoms with Gasteiger partial charge in [-0.05, 0) is 44.9 Å². The van der Waals surface area contributed by atoms with Gasteiger partial charge in [0.2, 0.25) is 0 Å². The maximum absolute atomic E-state index is 12.8. The van der Waals surface area contributed by atoms with Crippen molar-refractivity contribution in [2.45, 2.75) is 39.2 Å². The lowest BCUT2D eigenvalue weighted by molar-refractivity contribution is 0.300. The number of nitrogens with one attached hydrogen (secondary N) is 1. The van der Waals surface area contributed by atoms with Crippen LogP contribution in [0.1, 0.15) is 33.1 Å². The molecule has 0 aromatic heterocycles. The molecule has 1 rings (SSSR count). The first-order valence-corrected chi connectivity index (χ1v) is 6.34. The average Bonchev–Trinajstić information content (AvgIpc) is 2.29. The Kier molecular flexibility index (Phi) is 6.63. The molecule has 0 aliphatic heterocycles. The third-order valence-electron chi connectivity index (χ3n) is 2.65. The van der Waals surface area contributed by atoms with Gasteiger partial charge in [-0.2, -0.15) is 0 Å². The van der Waals surface area contributed by atoms with Gasteiger partial charge in [0.15, 0.2) is 0 Å². The van der Waals surface area contributed by atoms with Crippen LogP contribution in [0.3, 0.4) is 0 Å². The number of halogens is 1. The van der Waals surface area contributed by atoms with E-state index in [0.717, 1.165) is 25.8 Å². The quantitative estimate of drug-likeness (QED) is 0.702. The summed E-state index contributed by atoms with van der Waals surface area (Å²) in [5.41, 5.74) is 0. The highest BCUT2D eigenvalue weighted by molar-refractivity contribution is 5.22. The molecule has 0 heterocycles. The lowest BCUT2D eigenvalue weighted by Crippen LogP contribution is -2.25. The number of rotatable bonds is 8. The molecule has 0 saturated heterocycles. The monoisotopic (exact) mass is 239 g/mol. The van der Waals surface area contributed by atoms with Crippen molar-refractivity contribution in [3.63, 3.8) is 0 Å². The number of hydrogen-bond donors (Lipinski definition) is 1. The fourth-order valence-corrected chi connectivity index (χ4v) is 1.75. The minimum absolute atomic E-state index is 0.247. The Labute approximate surface area is 103 Å². The van der Waals surface area contributed by atoms with Gasteiger partial charge in [0.25, 0.3) is 0 Å². The molecule has 3 heteroatoms. The van der Waals surface area contributed by atoms with Crippen molar-refractivity contribution in [3.05, 3.63) is 30.1 Å². The number of hydrogen-bond acceptors (Lipinski definition) is 2. The van der Waals surface area contributed by atoms with E-state index in [1.54, 1.807) is 12.1 Å². The van der Waals surface area contributed by atoms with Gasteiger partial charge in [-0.25, -0.2) is 4.39 Å². The van der Waals surface area contributed by atoms with Gasteiger partial charge in [-0.15, -0.1) is 0 Å². The first kappa shape index (κ1) is 14.0. The van der Waals surface area contributed by atoms with Crippen molar-refractivity contribution in [3.8, 4) is 5.75 Å². The lowest BCUT2D eigenvalue weighted by Gasteiger charge is -2.11. The molecule has 1 atom stereocenters. The third kappa shape index (κ3) is 6.27. The molecule has 0 aliphatic rings. The fraction of sp³-hybridized carbons (Fsp3) is 0.571. The fourth-order valence-electron chi connectivity index (χ4n) is 1.75. The van der Waals surface area contributed by atoms with E-state index in [9.17, 15) is 4.39 Å². The highest BCUT2D eigenvalue weighted by atomic mass is 19.1. The summed E-state index contributed by atoms with van der Waals surface area (Å²) in [6.45, 7) is 5.98. The zero-order chi connectivity index (χ0) is 12.5. The van der Waals surface area contributed by atoms with Crippen molar-refractivity contribution in [2.75, 3.05) is 13.2 Å². The maximum Gasteiger partial charge on any atom is 0.126 e. The number of unbranched alkanes of at least 4 members (excludes halogenated alkanes) is 1. The summed E-state index contributed by atoms with van der Waals surface area (Å²) in [4.78, 5) is 0. The van der Waals surface area contributed by atoms with Crippen LogP contribution in [-0.2, 0) is 0 Å². The van der Waals surface area contributed by atoms with Crippen molar-refractivity contribution in [1.29, 1.82) is 0 Å². The largest absolute Gasteiger partial charge is 0.493 e. The zero-order valence-corrected chi connectivity index (χ0v) is 10.7. The summed E-state index contributed by atoms with van der Waals surface area (Å²) < 4.78 is 18.3. The van der Waals surface area contributed by atoms with E-state index >= 15 is 0 Å². The molecule has 2 nitrogen and oxygen atoms in total. The molecule has 0 saturated carbocycles. The highest BCUT2D eigenvalue weighted by Crippen LogP contribution is 2.12. The Morgan fingerprint density at radius 2 is 2.18 bits per heavy atom. The van der Waals surface area contributed by atoms with Gasteiger partial charge in [-0.3, -0.25) is 0 Å². The Morgan fingerprint density at radius 3 is 2.88 bits per heavy atom. The van der Waals surface area contributed by atoms with Gasteiger partial charge in [0, 0.05) is 12.1 Å². The second-order valence-electron chi connectivity index (χ2n) is 4.26. The second kappa shape index (κ2) is 8.07. The molecule has 0 fully saturated rings. The summed E-state index contributed by atoms with van der Waals surface area (Å²) in [6, 6.07) is 6.85. The lowest BCUT2D eigenvalue weighted by atomic mass is 10.1. The summed E-state index contributed by atoms with van der Waals surface area (Å²) in [7, 11) is 0. The van der Waals surface area contributed by atoms with Crippen molar-refractivity contribution >= 4 is 0 Å². The van der Waals surface area contributed by atoms with Crippen molar-refractivity contribution in [2.24, 2.45) is 0 Å². The topological polar surface area (TPSA) is 21.3 Å². The first-order valence-electron chi connectivity index (χ1n) is 6.34. The maximum atomic E-state index is 12.8. The smallest absolute Gasteiger partial charge is 0.126 e. The molecule has 1 unspecified atom stereocenters. The molecule has 0 amide bonds. The molecule has 1 aromatic carbocycles. The molecule has 0 aliphatic carbocycles. The van der Waals surface area contributed by atoms with E-state index in [2.05, 4.69) is 19.2 Å². The van der Waals surface area contributed by atoms with Crippen molar-refractivity contribution in [1.82, 2.24) is 5.32 Å². The summed E-state index contributed by atoms with van der Waals surface area (Å²) in [6.07, 6.45) is 3.29. The zero-order valence-electron chi connectivity index (χ0n) is 10.7. The van der Waals surface area contributed by atoms with Crippen LogP contribution < -0.4 is 10.1 Å². The molecule has 0 radical (unpaired) electrons. The van der Waals surface area contributed by atoms with Crippen LogP contribution in [0.15, 0.2) is 24.3 Å². The average molecular weight is 239 g/mol. The molecule has 17 heavy (non-hydrogen) atoms. The minimum Gasteiger partial charge on any atom is -0.493 e. The predicted molar refractivity (Wildman–Crippen MR) is 68.9 cm³/mol. The standard InChI is InChI=1S/C14H22FNO/c1-3-16-12(2)7-4-5-10-17-14-9-6-8-13(15)11-14/h6,8-9,11-12,16H,3-5,7,10H2,1-2H3. The van der Waals surface area contributed by atoms with Crippen molar-refractivity contribution < 1.29 is 9.13 Å². The van der Waals surface area contributed by atoms with Gasteiger partial charge in [0.05, 0.1) is 6.61 Å². The molecule has 0 bridgehead atoms. The SMILES string of the molecule is CCNC(C)CCCCOc1cccc(F)c1. The van der Waals surface area contributed by atoms with Gasteiger partial charge in [0.1, 0.15) is 11.6 Å². The van der Waals surface area contributed by atoms with E-state index in [0.29, 0.717) is 18.4 Å². The van der Waals surface area contributed by atoms with Crippen LogP contribution in [-0.4, -0.2) is 19.2 Å². The molecular formula is C14H22FNO. The summed E-state index contributed by atoms with van der Waals surface area (Å²) in [5, 5.41) is 3.37. The van der Waals surface area contributed by atoms with E-state index in [1.807, 2.05) is 0 Å². The Morgan fingerprint density at radius 1 is 1.35 bits per heavy atom. The second-order valence-corrected chi connectivity index (χ2v) is 4.26. The van der Waals surface area contributed by atoms with Gasteiger partial charge in [-0.1, -0.05) is 13.0 Å². The van der Waals surface area contributed by atoms with Crippen LogP contribution >= 0.6 is 0 Å². The molecule has 0 spiro atoms. The summed E-state index contributed by atoms with van der Waals surface area (Å²) >= 11 is 0. The molecular weight excluding hydrogens is 217 g/mol. The van der Waals surface area contributed by atoms with Crippen LogP contribution in [0.5, 0.6) is 5.75 Å². The Balaban J connectivity index is 2.08. The van der Waals surface area contributed by atoms with Gasteiger partial charge >= 0.3 is 0 Å². The Hall–Kier alpha value is -1.09. The van der Waals surface area contributed by atoms with E-state index in [-0.39, 0.29) is 5.82 Å². The minimum atomic E-state index is -0.247. The van der Waals surface area contributed by atoms with Crippen LogP contribution in [0, 0.1) is 5.82 Å². The summed E-state index contributed by atoms with van der Waals surface area (Å²) in [5.74, 6) is 0.369. The molecule has 1 aromatic rings. The van der Waals surface area contributed by atoms with Crippen LogP contribution in [0.4, 0.5) is 4.39 Å². The number of ether oxygens (including phenoxy) is 1.